The van der Waals surface area contributed by atoms with Gasteiger partial charge < -0.3 is 14.8 Å². The Morgan fingerprint density at radius 2 is 1.84 bits per heavy atom. The summed E-state index contributed by atoms with van der Waals surface area (Å²) in [5, 5.41) is 5.69. The predicted molar refractivity (Wildman–Crippen MR) is 134 cm³/mol. The number of anilines is 1. The Bertz CT molecular complexity index is 840. The standard InChI is InChI=1S/C26H41ClN4/c1-19(2)8-13-29(14-9-20(3)4)24-17-22(27)16-21-10-15-31(26(21)24)25-6-5-12-30(25)23-7-11-28-18-23/h10,15-17,19-20,23,25,28H,5-9,11-14,18H2,1-4H3/t23?,25-/m0/s1. The fraction of sp³-hybridized carbons (Fsp3) is 0.692. The number of hydrogen-bond donors (Lipinski definition) is 1. The second kappa shape index (κ2) is 10.1. The molecule has 3 heterocycles. The molecule has 1 unspecified atom stereocenters. The lowest BCUT2D eigenvalue weighted by Crippen LogP contribution is -2.38. The van der Waals surface area contributed by atoms with E-state index in [0.717, 1.165) is 31.2 Å². The average molecular weight is 445 g/mol. The van der Waals surface area contributed by atoms with Crippen molar-refractivity contribution in [1.82, 2.24) is 14.8 Å². The Balaban J connectivity index is 1.72. The lowest BCUT2D eigenvalue weighted by Gasteiger charge is -2.33. The molecule has 1 N–H and O–H groups in total. The molecule has 4 rings (SSSR count). The summed E-state index contributed by atoms with van der Waals surface area (Å²) in [6.07, 6.45) is 8.97. The normalized spacial score (nSPS) is 22.4. The number of nitrogens with one attached hydrogen (secondary N) is 1. The van der Waals surface area contributed by atoms with Crippen molar-refractivity contribution >= 4 is 28.2 Å². The number of rotatable bonds is 9. The van der Waals surface area contributed by atoms with E-state index in [1.165, 1.54) is 55.2 Å². The Morgan fingerprint density at radius 1 is 1.10 bits per heavy atom. The second-order valence-corrected chi connectivity index (χ2v) is 10.9. The van der Waals surface area contributed by atoms with Gasteiger partial charge in [-0.3, -0.25) is 4.90 Å². The van der Waals surface area contributed by atoms with Crippen LogP contribution in [0.15, 0.2) is 24.4 Å². The Morgan fingerprint density at radius 3 is 2.48 bits per heavy atom. The first-order chi connectivity index (χ1) is 14.9. The summed E-state index contributed by atoms with van der Waals surface area (Å²) < 4.78 is 2.57. The maximum Gasteiger partial charge on any atom is 0.0868 e. The maximum atomic E-state index is 6.64. The molecule has 31 heavy (non-hydrogen) atoms. The van der Waals surface area contributed by atoms with E-state index < -0.39 is 0 Å². The molecular formula is C26H41ClN4. The number of hydrogen-bond acceptors (Lipinski definition) is 3. The largest absolute Gasteiger partial charge is 0.370 e. The molecule has 2 fully saturated rings. The topological polar surface area (TPSA) is 23.4 Å². The van der Waals surface area contributed by atoms with Crippen LogP contribution in [0.3, 0.4) is 0 Å². The maximum absolute atomic E-state index is 6.64. The van der Waals surface area contributed by atoms with E-state index in [2.05, 4.69) is 71.8 Å². The minimum absolute atomic E-state index is 0.458. The molecule has 0 spiro atoms. The number of halogens is 1. The third-order valence-electron chi connectivity index (χ3n) is 7.14. The summed E-state index contributed by atoms with van der Waals surface area (Å²) in [5.74, 6) is 1.39. The molecule has 2 aliphatic heterocycles. The van der Waals surface area contributed by atoms with Crippen molar-refractivity contribution in [2.45, 2.75) is 72.0 Å². The van der Waals surface area contributed by atoms with Gasteiger partial charge in [0.1, 0.15) is 0 Å². The highest BCUT2D eigenvalue weighted by molar-refractivity contribution is 6.32. The van der Waals surface area contributed by atoms with Crippen LogP contribution in [0.5, 0.6) is 0 Å². The van der Waals surface area contributed by atoms with Crippen molar-refractivity contribution in [2.75, 3.05) is 37.6 Å². The van der Waals surface area contributed by atoms with Crippen molar-refractivity contribution in [2.24, 2.45) is 11.8 Å². The van der Waals surface area contributed by atoms with E-state index in [-0.39, 0.29) is 0 Å². The van der Waals surface area contributed by atoms with Gasteiger partial charge in [-0.2, -0.15) is 0 Å². The Kier molecular flexibility index (Phi) is 7.51. The fourth-order valence-corrected chi connectivity index (χ4v) is 5.56. The van der Waals surface area contributed by atoms with Crippen molar-refractivity contribution in [1.29, 1.82) is 0 Å². The molecule has 2 aromatic rings. The Labute approximate surface area is 193 Å². The van der Waals surface area contributed by atoms with Crippen LogP contribution in [0, 0.1) is 11.8 Å². The monoisotopic (exact) mass is 444 g/mol. The first kappa shape index (κ1) is 22.9. The molecule has 172 valence electrons. The van der Waals surface area contributed by atoms with Crippen molar-refractivity contribution in [3.8, 4) is 0 Å². The predicted octanol–water partition coefficient (Wildman–Crippen LogP) is 6.15. The van der Waals surface area contributed by atoms with Gasteiger partial charge in [-0.15, -0.1) is 0 Å². The molecule has 0 saturated carbocycles. The minimum Gasteiger partial charge on any atom is -0.370 e. The van der Waals surface area contributed by atoms with Gasteiger partial charge in [0.2, 0.25) is 0 Å². The molecule has 2 aliphatic rings. The van der Waals surface area contributed by atoms with E-state index >= 15 is 0 Å². The number of fused-ring (bicyclic) bond motifs is 1. The molecule has 2 saturated heterocycles. The smallest absolute Gasteiger partial charge is 0.0868 e. The first-order valence-corrected chi connectivity index (χ1v) is 12.8. The van der Waals surface area contributed by atoms with Crippen LogP contribution in [-0.2, 0) is 0 Å². The van der Waals surface area contributed by atoms with Crippen molar-refractivity contribution < 1.29 is 0 Å². The lowest BCUT2D eigenvalue weighted by molar-refractivity contribution is 0.145. The number of nitrogens with zero attached hydrogens (tertiary/aromatic N) is 3. The van der Waals surface area contributed by atoms with Crippen LogP contribution in [-0.4, -0.2) is 48.2 Å². The van der Waals surface area contributed by atoms with Crippen LogP contribution in [0.4, 0.5) is 5.69 Å². The zero-order valence-corrected chi connectivity index (χ0v) is 20.7. The highest BCUT2D eigenvalue weighted by Gasteiger charge is 2.34. The molecule has 0 bridgehead atoms. The zero-order chi connectivity index (χ0) is 22.0. The summed E-state index contributed by atoms with van der Waals surface area (Å²) in [4.78, 5) is 5.37. The van der Waals surface area contributed by atoms with Crippen molar-refractivity contribution in [3.05, 3.63) is 29.4 Å². The molecule has 0 aliphatic carbocycles. The van der Waals surface area contributed by atoms with E-state index in [4.69, 9.17) is 11.6 Å². The molecular weight excluding hydrogens is 404 g/mol. The SMILES string of the molecule is CC(C)CCN(CCC(C)C)c1cc(Cl)cc2ccn([C@H]3CCCN3C3CCNC3)c12. The van der Waals surface area contributed by atoms with Crippen LogP contribution < -0.4 is 10.2 Å². The van der Waals surface area contributed by atoms with Crippen LogP contribution >= 0.6 is 11.6 Å². The van der Waals surface area contributed by atoms with E-state index in [1.807, 2.05) is 0 Å². The van der Waals surface area contributed by atoms with Crippen LogP contribution in [0.1, 0.15) is 66.0 Å². The summed E-state index contributed by atoms with van der Waals surface area (Å²) >= 11 is 6.64. The van der Waals surface area contributed by atoms with Gasteiger partial charge >= 0.3 is 0 Å². The second-order valence-electron chi connectivity index (χ2n) is 10.4. The van der Waals surface area contributed by atoms with Gasteiger partial charge in [-0.05, 0) is 68.7 Å². The summed E-state index contributed by atoms with van der Waals surface area (Å²) in [6.45, 7) is 15.0. The number of aromatic nitrogens is 1. The number of likely N-dealkylation sites (tertiary alicyclic amines) is 1. The summed E-state index contributed by atoms with van der Waals surface area (Å²) in [6, 6.07) is 7.31. The van der Waals surface area contributed by atoms with Gasteiger partial charge in [-0.1, -0.05) is 39.3 Å². The summed E-state index contributed by atoms with van der Waals surface area (Å²) in [5.41, 5.74) is 2.70. The van der Waals surface area contributed by atoms with Gasteiger partial charge in [0.05, 0.1) is 17.4 Å². The lowest BCUT2D eigenvalue weighted by atomic mass is 10.1. The molecule has 1 aromatic heterocycles. The van der Waals surface area contributed by atoms with Crippen LogP contribution in [0.2, 0.25) is 5.02 Å². The third-order valence-corrected chi connectivity index (χ3v) is 7.35. The molecule has 0 radical (unpaired) electrons. The van der Waals surface area contributed by atoms with Gasteiger partial charge in [0, 0.05) is 48.8 Å². The third kappa shape index (κ3) is 5.23. The molecule has 5 heteroatoms. The Hall–Kier alpha value is -1.23. The quantitative estimate of drug-likeness (QED) is 0.501. The van der Waals surface area contributed by atoms with Gasteiger partial charge in [0.25, 0.3) is 0 Å². The zero-order valence-electron chi connectivity index (χ0n) is 19.9. The molecule has 4 nitrogen and oxygen atoms in total. The minimum atomic E-state index is 0.458. The molecule has 0 amide bonds. The average Bonchev–Trinajstić information content (AvgIpc) is 3.46. The highest BCUT2D eigenvalue weighted by atomic mass is 35.5. The van der Waals surface area contributed by atoms with Gasteiger partial charge in [0.15, 0.2) is 0 Å². The highest BCUT2D eigenvalue weighted by Crippen LogP contribution is 2.39. The first-order valence-electron chi connectivity index (χ1n) is 12.5. The number of benzene rings is 1. The van der Waals surface area contributed by atoms with E-state index in [9.17, 15) is 0 Å². The fourth-order valence-electron chi connectivity index (χ4n) is 5.34. The molecule has 1 aromatic carbocycles. The van der Waals surface area contributed by atoms with Gasteiger partial charge in [-0.25, -0.2) is 0 Å². The van der Waals surface area contributed by atoms with Crippen LogP contribution in [0.25, 0.3) is 10.9 Å². The van der Waals surface area contributed by atoms with E-state index in [0.29, 0.717) is 24.0 Å². The van der Waals surface area contributed by atoms with Crippen molar-refractivity contribution in [3.63, 3.8) is 0 Å². The molecule has 2 atom stereocenters. The van der Waals surface area contributed by atoms with E-state index in [1.54, 1.807) is 0 Å². The summed E-state index contributed by atoms with van der Waals surface area (Å²) in [7, 11) is 0.